The highest BCUT2D eigenvalue weighted by Crippen LogP contribution is 2.23. The Morgan fingerprint density at radius 2 is 2.14 bits per heavy atom. The van der Waals surface area contributed by atoms with Crippen molar-refractivity contribution in [2.24, 2.45) is 0 Å². The van der Waals surface area contributed by atoms with Crippen LogP contribution in [0.15, 0.2) is 0 Å². The highest BCUT2D eigenvalue weighted by Gasteiger charge is 2.30. The van der Waals surface area contributed by atoms with E-state index in [0.717, 1.165) is 0 Å². The van der Waals surface area contributed by atoms with Crippen molar-refractivity contribution in [3.8, 4) is 0 Å². The lowest BCUT2D eigenvalue weighted by Crippen LogP contribution is -2.32. The first-order chi connectivity index (χ1) is 6.38. The van der Waals surface area contributed by atoms with E-state index in [9.17, 15) is 18.0 Å². The highest BCUT2D eigenvalue weighted by molar-refractivity contribution is 5.81. The van der Waals surface area contributed by atoms with E-state index in [1.165, 1.54) is 0 Å². The van der Waals surface area contributed by atoms with Gasteiger partial charge in [-0.2, -0.15) is 13.2 Å². The SMILES string of the molecule is CN(CCC(F)(F)F)C1CCC(=O)C1. The summed E-state index contributed by atoms with van der Waals surface area (Å²) in [6.45, 7) is -0.0125. The Morgan fingerprint density at radius 3 is 2.57 bits per heavy atom. The van der Waals surface area contributed by atoms with E-state index < -0.39 is 12.6 Å². The van der Waals surface area contributed by atoms with Crippen LogP contribution in [0.25, 0.3) is 0 Å². The number of hydrogen-bond acceptors (Lipinski definition) is 2. The van der Waals surface area contributed by atoms with Gasteiger partial charge in [0.2, 0.25) is 0 Å². The predicted molar refractivity (Wildman–Crippen MR) is 45.9 cm³/mol. The van der Waals surface area contributed by atoms with Crippen molar-refractivity contribution in [1.29, 1.82) is 0 Å². The van der Waals surface area contributed by atoms with Crippen LogP contribution < -0.4 is 0 Å². The number of nitrogens with zero attached hydrogens (tertiary/aromatic N) is 1. The van der Waals surface area contributed by atoms with E-state index in [0.29, 0.717) is 19.3 Å². The van der Waals surface area contributed by atoms with Crippen molar-refractivity contribution in [2.75, 3.05) is 13.6 Å². The van der Waals surface area contributed by atoms with Gasteiger partial charge in [-0.15, -0.1) is 0 Å². The highest BCUT2D eigenvalue weighted by atomic mass is 19.4. The topological polar surface area (TPSA) is 20.3 Å². The van der Waals surface area contributed by atoms with Crippen LogP contribution in [-0.4, -0.2) is 36.5 Å². The Balaban J connectivity index is 2.28. The maximum Gasteiger partial charge on any atom is 0.390 e. The third-order valence-electron chi connectivity index (χ3n) is 2.59. The first-order valence-electron chi connectivity index (χ1n) is 4.67. The maximum atomic E-state index is 11.9. The lowest BCUT2D eigenvalue weighted by atomic mass is 10.2. The van der Waals surface area contributed by atoms with E-state index in [1.807, 2.05) is 0 Å². The molecule has 0 saturated heterocycles. The number of carbonyl (C=O) groups is 1. The zero-order valence-electron chi connectivity index (χ0n) is 8.10. The summed E-state index contributed by atoms with van der Waals surface area (Å²) in [5.74, 6) is 0.161. The molecule has 5 heteroatoms. The average molecular weight is 209 g/mol. The van der Waals surface area contributed by atoms with Crippen LogP contribution in [0.2, 0.25) is 0 Å². The van der Waals surface area contributed by atoms with E-state index in [2.05, 4.69) is 0 Å². The summed E-state index contributed by atoms with van der Waals surface area (Å²) < 4.78 is 35.7. The van der Waals surface area contributed by atoms with Crippen molar-refractivity contribution in [2.45, 2.75) is 37.9 Å². The number of alkyl halides is 3. The third-order valence-corrected chi connectivity index (χ3v) is 2.59. The smallest absolute Gasteiger partial charge is 0.303 e. The van der Waals surface area contributed by atoms with Crippen LogP contribution in [0, 0.1) is 0 Å². The van der Waals surface area contributed by atoms with Crippen LogP contribution in [0.3, 0.4) is 0 Å². The summed E-state index contributed by atoms with van der Waals surface area (Å²) in [5, 5.41) is 0. The molecule has 0 aromatic rings. The van der Waals surface area contributed by atoms with Crippen LogP contribution >= 0.6 is 0 Å². The Bertz CT molecular complexity index is 215. The second kappa shape index (κ2) is 4.29. The molecule has 0 aromatic heterocycles. The first-order valence-corrected chi connectivity index (χ1v) is 4.67. The minimum atomic E-state index is -4.10. The monoisotopic (exact) mass is 209 g/mol. The number of rotatable bonds is 3. The number of ketones is 1. The second-order valence-electron chi connectivity index (χ2n) is 3.78. The lowest BCUT2D eigenvalue weighted by molar-refractivity contribution is -0.138. The van der Waals surface area contributed by atoms with E-state index in [-0.39, 0.29) is 18.4 Å². The van der Waals surface area contributed by atoms with Gasteiger partial charge in [0.05, 0.1) is 6.42 Å². The molecule has 1 rings (SSSR count). The number of halogens is 3. The fourth-order valence-electron chi connectivity index (χ4n) is 1.66. The molecule has 14 heavy (non-hydrogen) atoms. The van der Waals surface area contributed by atoms with Gasteiger partial charge in [-0.25, -0.2) is 0 Å². The van der Waals surface area contributed by atoms with Crippen molar-refractivity contribution >= 4 is 5.78 Å². The van der Waals surface area contributed by atoms with Gasteiger partial charge in [0, 0.05) is 25.4 Å². The number of hydrogen-bond donors (Lipinski definition) is 0. The second-order valence-corrected chi connectivity index (χ2v) is 3.78. The Hall–Kier alpha value is -0.580. The molecular formula is C9H14F3NO. The largest absolute Gasteiger partial charge is 0.390 e. The quantitative estimate of drug-likeness (QED) is 0.708. The summed E-state index contributed by atoms with van der Waals surface area (Å²) in [6.07, 6.45) is -3.27. The Morgan fingerprint density at radius 1 is 1.50 bits per heavy atom. The van der Waals surface area contributed by atoms with E-state index >= 15 is 0 Å². The van der Waals surface area contributed by atoms with Gasteiger partial charge in [0.15, 0.2) is 0 Å². The third kappa shape index (κ3) is 3.65. The van der Waals surface area contributed by atoms with Gasteiger partial charge in [0.1, 0.15) is 5.78 Å². The molecule has 2 nitrogen and oxygen atoms in total. The van der Waals surface area contributed by atoms with Gasteiger partial charge in [0.25, 0.3) is 0 Å². The standard InChI is InChI=1S/C9H14F3NO/c1-13(5-4-9(10,11)12)7-2-3-8(14)6-7/h7H,2-6H2,1H3. The van der Waals surface area contributed by atoms with Gasteiger partial charge in [-0.3, -0.25) is 4.79 Å². The van der Waals surface area contributed by atoms with Gasteiger partial charge in [-0.05, 0) is 13.5 Å². The number of Topliss-reactive ketones (excluding diaryl/α,β-unsaturated/α-hetero) is 1. The van der Waals surface area contributed by atoms with Crippen LogP contribution in [-0.2, 0) is 4.79 Å². The minimum Gasteiger partial charge on any atom is -0.303 e. The van der Waals surface area contributed by atoms with Crippen molar-refractivity contribution in [1.82, 2.24) is 4.90 Å². The van der Waals surface area contributed by atoms with Crippen molar-refractivity contribution < 1.29 is 18.0 Å². The van der Waals surface area contributed by atoms with E-state index in [1.54, 1.807) is 11.9 Å². The molecule has 1 aliphatic carbocycles. The molecule has 0 amide bonds. The molecule has 1 saturated carbocycles. The normalized spacial score (nSPS) is 23.5. The molecule has 0 heterocycles. The van der Waals surface area contributed by atoms with Gasteiger partial charge >= 0.3 is 6.18 Å². The Kier molecular flexibility index (Phi) is 3.53. The van der Waals surface area contributed by atoms with Crippen LogP contribution in [0.4, 0.5) is 13.2 Å². The fraction of sp³-hybridized carbons (Fsp3) is 0.889. The zero-order chi connectivity index (χ0) is 10.8. The van der Waals surface area contributed by atoms with Crippen molar-refractivity contribution in [3.05, 3.63) is 0 Å². The summed E-state index contributed by atoms with van der Waals surface area (Å²) >= 11 is 0. The molecular weight excluding hydrogens is 195 g/mol. The maximum absolute atomic E-state index is 11.9. The average Bonchev–Trinajstić information content (AvgIpc) is 2.46. The van der Waals surface area contributed by atoms with Gasteiger partial charge < -0.3 is 4.90 Å². The molecule has 1 atom stereocenters. The molecule has 0 N–H and O–H groups in total. The van der Waals surface area contributed by atoms with Crippen molar-refractivity contribution in [3.63, 3.8) is 0 Å². The van der Waals surface area contributed by atoms with Crippen LogP contribution in [0.5, 0.6) is 0 Å². The molecule has 0 aliphatic heterocycles. The predicted octanol–water partition coefficient (Wildman–Crippen LogP) is 1.99. The molecule has 0 spiro atoms. The summed E-state index contributed by atoms with van der Waals surface area (Å²) in [4.78, 5) is 12.5. The molecule has 0 bridgehead atoms. The first kappa shape index (κ1) is 11.5. The minimum absolute atomic E-state index is 0.0125. The zero-order valence-corrected chi connectivity index (χ0v) is 8.10. The molecule has 1 aliphatic rings. The molecule has 0 aromatic carbocycles. The van der Waals surface area contributed by atoms with Gasteiger partial charge in [-0.1, -0.05) is 0 Å². The van der Waals surface area contributed by atoms with E-state index in [4.69, 9.17) is 0 Å². The van der Waals surface area contributed by atoms with Crippen LogP contribution in [0.1, 0.15) is 25.7 Å². The Labute approximate surface area is 81.1 Å². The molecule has 1 unspecified atom stereocenters. The lowest BCUT2D eigenvalue weighted by Gasteiger charge is -2.23. The number of carbonyl (C=O) groups excluding carboxylic acids is 1. The summed E-state index contributed by atoms with van der Waals surface area (Å²) in [7, 11) is 1.65. The summed E-state index contributed by atoms with van der Waals surface area (Å²) in [6, 6.07) is 0.0184. The molecule has 82 valence electrons. The fourth-order valence-corrected chi connectivity index (χ4v) is 1.66. The summed E-state index contributed by atoms with van der Waals surface area (Å²) in [5.41, 5.74) is 0. The molecule has 0 radical (unpaired) electrons. The molecule has 1 fully saturated rings.